The highest BCUT2D eigenvalue weighted by molar-refractivity contribution is 7.37. The van der Waals surface area contributed by atoms with E-state index in [1.54, 1.807) is 0 Å². The Kier molecular flexibility index (Phi) is 4.25. The van der Waals surface area contributed by atoms with Crippen LogP contribution in [0, 0.1) is 0 Å². The lowest BCUT2D eigenvalue weighted by Crippen LogP contribution is -2.59. The van der Waals surface area contributed by atoms with Gasteiger partial charge >= 0.3 is 0 Å². The molecule has 0 radical (unpaired) electrons. The molecule has 1 aliphatic carbocycles. The molecular weight excluding hydrogens is 256 g/mol. The van der Waals surface area contributed by atoms with Crippen molar-refractivity contribution in [3.8, 4) is 0 Å². The van der Waals surface area contributed by atoms with Gasteiger partial charge in [-0.1, -0.05) is 37.9 Å². The first-order valence-corrected chi connectivity index (χ1v) is 14.0. The molecule has 0 N–H and O–H groups in total. The predicted octanol–water partition coefficient (Wildman–Crippen LogP) is 3.86. The Labute approximate surface area is 113 Å². The highest BCUT2D eigenvalue weighted by Crippen LogP contribution is 2.29. The smallest absolute Gasteiger partial charge is 0.189 e. The van der Waals surface area contributed by atoms with Crippen LogP contribution in [0.2, 0.25) is 32.7 Å². The minimum absolute atomic E-state index is 0.145. The largest absolute Gasteiger partial charge is 0.408 e. The van der Waals surface area contributed by atoms with E-state index >= 15 is 0 Å². The lowest BCUT2D eigenvalue weighted by Gasteiger charge is -2.41. The van der Waals surface area contributed by atoms with E-state index in [4.69, 9.17) is 4.43 Å². The summed E-state index contributed by atoms with van der Waals surface area (Å²) in [6, 6.07) is 0. The molecule has 1 aliphatic rings. The summed E-state index contributed by atoms with van der Waals surface area (Å²) in [4.78, 5) is 12.5. The van der Waals surface area contributed by atoms with Crippen molar-refractivity contribution in [2.24, 2.45) is 0 Å². The summed E-state index contributed by atoms with van der Waals surface area (Å²) in [5.74, 6) is 0.145. The molecule has 0 unspecified atom stereocenters. The second-order valence-electron chi connectivity index (χ2n) is 7.03. The van der Waals surface area contributed by atoms with Gasteiger partial charge in [0.15, 0.2) is 13.6 Å². The summed E-state index contributed by atoms with van der Waals surface area (Å²) in [5.41, 5.74) is 0.189. The molecule has 0 saturated heterocycles. The molecule has 2 nitrogen and oxygen atoms in total. The Morgan fingerprint density at radius 3 is 2.17 bits per heavy atom. The third kappa shape index (κ3) is 3.30. The summed E-state index contributed by atoms with van der Waals surface area (Å²) < 4.78 is 6.35. The Balaban J connectivity index is 2.85. The van der Waals surface area contributed by atoms with Crippen molar-refractivity contribution in [1.82, 2.24) is 0 Å². The molecule has 4 heteroatoms. The second kappa shape index (κ2) is 4.91. The van der Waals surface area contributed by atoms with Gasteiger partial charge < -0.3 is 4.43 Å². The third-order valence-corrected chi connectivity index (χ3v) is 19.7. The van der Waals surface area contributed by atoms with E-state index in [1.165, 1.54) is 0 Å². The van der Waals surface area contributed by atoms with Crippen LogP contribution in [0.1, 0.15) is 20.3 Å². The Bertz CT molecular complexity index is 399. The van der Waals surface area contributed by atoms with Crippen LogP contribution in [0.4, 0.5) is 0 Å². The van der Waals surface area contributed by atoms with Crippen LogP contribution in [0.25, 0.3) is 0 Å². The zero-order chi connectivity index (χ0) is 14.2. The van der Waals surface area contributed by atoms with E-state index in [9.17, 15) is 4.79 Å². The molecule has 0 aromatic rings. The number of carbonyl (C=O) groups is 1. The van der Waals surface area contributed by atoms with Crippen LogP contribution in [0.3, 0.4) is 0 Å². The number of Topliss-reactive ketones (excluding diaryl/α,β-unsaturated/α-hetero) is 1. The highest BCUT2D eigenvalue weighted by Gasteiger charge is 2.45. The van der Waals surface area contributed by atoms with Crippen molar-refractivity contribution in [3.05, 3.63) is 23.8 Å². The standard InChI is InChI=1S/C14H26O2Si2/c1-14(2,13(15)12-10-8-9-11-12)16-18(6,7)17(3,4)5/h8-10H,11H2,1-7H3. The quantitative estimate of drug-likeness (QED) is 0.716. The van der Waals surface area contributed by atoms with Gasteiger partial charge in [0.25, 0.3) is 0 Å². The Morgan fingerprint density at radius 1 is 1.22 bits per heavy atom. The van der Waals surface area contributed by atoms with Gasteiger partial charge in [-0.05, 0) is 33.4 Å². The summed E-state index contributed by atoms with van der Waals surface area (Å²) >= 11 is 0. The van der Waals surface area contributed by atoms with Crippen LogP contribution in [-0.2, 0) is 9.22 Å². The molecule has 1 rings (SSSR count). The van der Waals surface area contributed by atoms with Crippen LogP contribution in [0.15, 0.2) is 23.8 Å². The lowest BCUT2D eigenvalue weighted by atomic mass is 9.96. The van der Waals surface area contributed by atoms with E-state index in [-0.39, 0.29) is 5.78 Å². The third-order valence-electron chi connectivity index (χ3n) is 3.93. The van der Waals surface area contributed by atoms with E-state index in [2.05, 4.69) is 32.7 Å². The van der Waals surface area contributed by atoms with Crippen molar-refractivity contribution in [2.75, 3.05) is 0 Å². The molecule has 102 valence electrons. The molecule has 0 aliphatic heterocycles. The molecule has 0 atom stereocenters. The van der Waals surface area contributed by atoms with Gasteiger partial charge in [0.1, 0.15) is 5.60 Å². The maximum absolute atomic E-state index is 12.5. The summed E-state index contributed by atoms with van der Waals surface area (Å²) in [6.07, 6.45) is 6.63. The van der Waals surface area contributed by atoms with E-state index in [0.29, 0.717) is 0 Å². The molecule has 0 saturated carbocycles. The van der Waals surface area contributed by atoms with Crippen molar-refractivity contribution in [3.63, 3.8) is 0 Å². The van der Waals surface area contributed by atoms with Gasteiger partial charge in [-0.2, -0.15) is 0 Å². The number of rotatable bonds is 5. The molecule has 0 bridgehead atoms. The molecule has 0 amide bonds. The van der Waals surface area contributed by atoms with Crippen molar-refractivity contribution in [2.45, 2.75) is 58.6 Å². The zero-order valence-corrected chi connectivity index (χ0v) is 14.8. The SMILES string of the molecule is CC(C)(O[Si](C)(C)[Si](C)(C)C)C(=O)C1=CC=CC1. The topological polar surface area (TPSA) is 26.3 Å². The number of ketones is 1. The van der Waals surface area contributed by atoms with Crippen LogP contribution in [-0.4, -0.2) is 26.8 Å². The fourth-order valence-electron chi connectivity index (χ4n) is 1.84. The highest BCUT2D eigenvalue weighted by atomic mass is 29.3. The first-order chi connectivity index (χ1) is 7.97. The minimum atomic E-state index is -1.78. The molecule has 18 heavy (non-hydrogen) atoms. The zero-order valence-electron chi connectivity index (χ0n) is 12.8. The van der Waals surface area contributed by atoms with Gasteiger partial charge in [0.05, 0.1) is 7.59 Å². The minimum Gasteiger partial charge on any atom is -0.408 e. The van der Waals surface area contributed by atoms with Gasteiger partial charge in [-0.15, -0.1) is 0 Å². The van der Waals surface area contributed by atoms with Crippen molar-refractivity contribution in [1.29, 1.82) is 0 Å². The summed E-state index contributed by atoms with van der Waals surface area (Å²) in [6.45, 7) is 15.3. The molecule has 0 aromatic carbocycles. The van der Waals surface area contributed by atoms with Gasteiger partial charge in [0, 0.05) is 5.57 Å². The fraction of sp³-hybridized carbons (Fsp3) is 0.643. The predicted molar refractivity (Wildman–Crippen MR) is 82.8 cm³/mol. The molecular formula is C14H26O2Si2. The molecule has 0 heterocycles. The second-order valence-corrected chi connectivity index (χ2v) is 22.9. The van der Waals surface area contributed by atoms with E-state index < -0.39 is 21.0 Å². The first-order valence-electron chi connectivity index (χ1n) is 6.58. The lowest BCUT2D eigenvalue weighted by molar-refractivity contribution is -0.128. The summed E-state index contributed by atoms with van der Waals surface area (Å²) in [5, 5.41) is 0. The molecule has 0 aromatic heterocycles. The molecule has 0 fully saturated rings. The van der Waals surface area contributed by atoms with Gasteiger partial charge in [0.2, 0.25) is 0 Å². The Morgan fingerprint density at radius 2 is 1.78 bits per heavy atom. The number of hydrogen-bond acceptors (Lipinski definition) is 2. The number of carbonyl (C=O) groups excluding carboxylic acids is 1. The summed E-state index contributed by atoms with van der Waals surface area (Å²) in [7, 11) is -3.13. The maximum Gasteiger partial charge on any atom is 0.189 e. The van der Waals surface area contributed by atoms with Crippen molar-refractivity contribution >= 4 is 21.2 Å². The monoisotopic (exact) mass is 282 g/mol. The Hall–Kier alpha value is -0.456. The first kappa shape index (κ1) is 15.6. The van der Waals surface area contributed by atoms with Gasteiger partial charge in [-0.25, -0.2) is 0 Å². The van der Waals surface area contributed by atoms with Crippen LogP contribution < -0.4 is 0 Å². The van der Waals surface area contributed by atoms with Gasteiger partial charge in [-0.3, -0.25) is 4.79 Å². The van der Waals surface area contributed by atoms with Crippen LogP contribution in [0.5, 0.6) is 0 Å². The number of allylic oxidation sites excluding steroid dienone is 3. The van der Waals surface area contributed by atoms with E-state index in [0.717, 1.165) is 12.0 Å². The number of hydrogen-bond donors (Lipinski definition) is 0. The molecule has 0 spiro atoms. The average molecular weight is 283 g/mol. The van der Waals surface area contributed by atoms with E-state index in [1.807, 2.05) is 32.1 Å². The van der Waals surface area contributed by atoms with Crippen molar-refractivity contribution < 1.29 is 9.22 Å². The normalized spacial score (nSPS) is 16.9. The maximum atomic E-state index is 12.5. The van der Waals surface area contributed by atoms with Crippen LogP contribution >= 0.6 is 0 Å². The average Bonchev–Trinajstić information content (AvgIpc) is 2.65. The fourth-order valence-corrected chi connectivity index (χ4v) is 5.20.